The number of rotatable bonds is 0. The van der Waals surface area contributed by atoms with E-state index in [9.17, 15) is 0 Å². The molecule has 13 heavy (non-hydrogen) atoms. The maximum Gasteiger partial charge on any atom is 0.0906 e. The summed E-state index contributed by atoms with van der Waals surface area (Å²) in [7, 11) is 0. The number of aryl methyl sites for hydroxylation is 1. The lowest BCUT2D eigenvalue weighted by Gasteiger charge is -2.02. The number of halogens is 2. The minimum atomic E-state index is 0.642. The Kier molecular flexibility index (Phi) is 2.14. The molecule has 0 atom stereocenters. The highest BCUT2D eigenvalue weighted by molar-refractivity contribution is 6.39. The van der Waals surface area contributed by atoms with E-state index in [1.54, 1.807) is 12.1 Å². The van der Waals surface area contributed by atoms with Gasteiger partial charge in [-0.05, 0) is 31.2 Å². The molecule has 66 valence electrons. The minimum Gasteiger partial charge on any atom is -0.252 e. The zero-order chi connectivity index (χ0) is 9.42. The summed E-state index contributed by atoms with van der Waals surface area (Å²) in [5.74, 6) is 0. The third kappa shape index (κ3) is 1.50. The van der Waals surface area contributed by atoms with E-state index in [0.29, 0.717) is 10.0 Å². The molecule has 3 heteroatoms. The molecule has 1 aromatic carbocycles. The summed E-state index contributed by atoms with van der Waals surface area (Å²) in [6.07, 6.45) is 0. The first-order valence-electron chi connectivity index (χ1n) is 3.90. The topological polar surface area (TPSA) is 12.9 Å². The van der Waals surface area contributed by atoms with Crippen molar-refractivity contribution in [2.24, 2.45) is 0 Å². The average molecular weight is 212 g/mol. The lowest BCUT2D eigenvalue weighted by atomic mass is 10.2. The molecule has 0 amide bonds. The molecule has 0 fully saturated rings. The van der Waals surface area contributed by atoms with Crippen molar-refractivity contribution in [3.63, 3.8) is 0 Å². The van der Waals surface area contributed by atoms with E-state index in [2.05, 4.69) is 4.98 Å². The van der Waals surface area contributed by atoms with Gasteiger partial charge < -0.3 is 0 Å². The largest absolute Gasteiger partial charge is 0.252 e. The van der Waals surface area contributed by atoms with E-state index in [1.807, 2.05) is 19.1 Å². The molecular formula is C10H7Cl2N. The summed E-state index contributed by atoms with van der Waals surface area (Å²) in [6.45, 7) is 1.93. The number of benzene rings is 1. The second-order valence-electron chi connectivity index (χ2n) is 2.88. The Hall–Kier alpha value is -0.790. The molecule has 0 saturated heterocycles. The van der Waals surface area contributed by atoms with E-state index in [-0.39, 0.29) is 0 Å². The van der Waals surface area contributed by atoms with Gasteiger partial charge in [0.1, 0.15) is 0 Å². The van der Waals surface area contributed by atoms with Gasteiger partial charge in [-0.3, -0.25) is 4.98 Å². The first-order valence-corrected chi connectivity index (χ1v) is 4.65. The molecule has 1 heterocycles. The predicted molar refractivity (Wildman–Crippen MR) is 56.5 cm³/mol. The summed E-state index contributed by atoms with van der Waals surface area (Å²) in [4.78, 5) is 4.32. The van der Waals surface area contributed by atoms with Crippen LogP contribution in [0.25, 0.3) is 10.9 Å². The third-order valence-corrected chi connectivity index (χ3v) is 2.53. The van der Waals surface area contributed by atoms with Gasteiger partial charge in [-0.1, -0.05) is 23.2 Å². The molecule has 0 aliphatic rings. The Balaban J connectivity index is 2.92. The average Bonchev–Trinajstić information content (AvgIpc) is 2.12. The summed E-state index contributed by atoms with van der Waals surface area (Å²) in [5.41, 5.74) is 1.71. The Morgan fingerprint density at radius 1 is 1.00 bits per heavy atom. The van der Waals surface area contributed by atoms with Crippen LogP contribution in [0.1, 0.15) is 5.69 Å². The van der Waals surface area contributed by atoms with Gasteiger partial charge in [-0.25, -0.2) is 0 Å². The standard InChI is InChI=1S/C10H7Cl2N/c1-6-2-3-7-8(11)4-5-9(12)10(7)13-6/h2-5H,1H3. The van der Waals surface area contributed by atoms with Crippen LogP contribution in [0.15, 0.2) is 24.3 Å². The molecule has 1 nitrogen and oxygen atoms in total. The number of aromatic nitrogens is 1. The van der Waals surface area contributed by atoms with E-state index in [4.69, 9.17) is 23.2 Å². The summed E-state index contributed by atoms with van der Waals surface area (Å²) >= 11 is 12.0. The van der Waals surface area contributed by atoms with Crippen molar-refractivity contribution in [3.05, 3.63) is 40.0 Å². The van der Waals surface area contributed by atoms with Crippen molar-refractivity contribution in [2.45, 2.75) is 6.92 Å². The van der Waals surface area contributed by atoms with Gasteiger partial charge >= 0.3 is 0 Å². The van der Waals surface area contributed by atoms with Crippen molar-refractivity contribution >= 4 is 34.1 Å². The van der Waals surface area contributed by atoms with Gasteiger partial charge in [0.15, 0.2) is 0 Å². The molecule has 0 radical (unpaired) electrons. The van der Waals surface area contributed by atoms with Crippen molar-refractivity contribution < 1.29 is 0 Å². The molecule has 0 bridgehead atoms. The van der Waals surface area contributed by atoms with Crippen LogP contribution in [-0.4, -0.2) is 4.98 Å². The van der Waals surface area contributed by atoms with Crippen molar-refractivity contribution in [1.82, 2.24) is 4.98 Å². The maximum absolute atomic E-state index is 5.98. The van der Waals surface area contributed by atoms with E-state index in [1.165, 1.54) is 0 Å². The van der Waals surface area contributed by atoms with Crippen LogP contribution in [0.3, 0.4) is 0 Å². The van der Waals surface area contributed by atoms with Crippen LogP contribution in [0, 0.1) is 6.92 Å². The first-order chi connectivity index (χ1) is 6.18. The SMILES string of the molecule is Cc1ccc2c(Cl)ccc(Cl)c2n1. The molecule has 0 aliphatic heterocycles. The fourth-order valence-corrected chi connectivity index (χ4v) is 1.67. The predicted octanol–water partition coefficient (Wildman–Crippen LogP) is 3.85. The van der Waals surface area contributed by atoms with Gasteiger partial charge in [0, 0.05) is 11.1 Å². The first kappa shape index (κ1) is 8.79. The molecule has 0 unspecified atom stereocenters. The molecular weight excluding hydrogens is 205 g/mol. The van der Waals surface area contributed by atoms with Crippen LogP contribution in [0.5, 0.6) is 0 Å². The van der Waals surface area contributed by atoms with Gasteiger partial charge in [-0.2, -0.15) is 0 Å². The zero-order valence-corrected chi connectivity index (χ0v) is 8.52. The fraction of sp³-hybridized carbons (Fsp3) is 0.100. The molecule has 0 spiro atoms. The number of pyridine rings is 1. The van der Waals surface area contributed by atoms with E-state index < -0.39 is 0 Å². The van der Waals surface area contributed by atoms with Crippen molar-refractivity contribution in [2.75, 3.05) is 0 Å². The van der Waals surface area contributed by atoms with Crippen LogP contribution < -0.4 is 0 Å². The number of hydrogen-bond donors (Lipinski definition) is 0. The van der Waals surface area contributed by atoms with Crippen LogP contribution in [-0.2, 0) is 0 Å². The number of fused-ring (bicyclic) bond motifs is 1. The van der Waals surface area contributed by atoms with E-state index >= 15 is 0 Å². The summed E-state index contributed by atoms with van der Waals surface area (Å²) in [5, 5.41) is 2.23. The van der Waals surface area contributed by atoms with Crippen molar-refractivity contribution in [1.29, 1.82) is 0 Å². The lowest BCUT2D eigenvalue weighted by Crippen LogP contribution is -1.84. The monoisotopic (exact) mass is 211 g/mol. The van der Waals surface area contributed by atoms with Crippen LogP contribution >= 0.6 is 23.2 Å². The maximum atomic E-state index is 5.98. The molecule has 2 aromatic rings. The molecule has 1 aromatic heterocycles. The highest BCUT2D eigenvalue weighted by Gasteiger charge is 2.03. The highest BCUT2D eigenvalue weighted by atomic mass is 35.5. The van der Waals surface area contributed by atoms with E-state index in [0.717, 1.165) is 16.6 Å². The zero-order valence-electron chi connectivity index (χ0n) is 7.01. The molecule has 0 saturated carbocycles. The molecule has 0 aliphatic carbocycles. The quantitative estimate of drug-likeness (QED) is 0.646. The molecule has 2 rings (SSSR count). The van der Waals surface area contributed by atoms with Gasteiger partial charge in [0.2, 0.25) is 0 Å². The lowest BCUT2D eigenvalue weighted by molar-refractivity contribution is 1.26. The summed E-state index contributed by atoms with van der Waals surface area (Å²) < 4.78 is 0. The Morgan fingerprint density at radius 3 is 2.46 bits per heavy atom. The Morgan fingerprint density at radius 2 is 1.69 bits per heavy atom. The van der Waals surface area contributed by atoms with Crippen molar-refractivity contribution in [3.8, 4) is 0 Å². The van der Waals surface area contributed by atoms with Crippen LogP contribution in [0.2, 0.25) is 10.0 Å². The summed E-state index contributed by atoms with van der Waals surface area (Å²) in [6, 6.07) is 7.40. The normalized spacial score (nSPS) is 10.7. The Bertz CT molecular complexity index is 466. The third-order valence-electron chi connectivity index (χ3n) is 1.89. The highest BCUT2D eigenvalue weighted by Crippen LogP contribution is 2.28. The minimum absolute atomic E-state index is 0.642. The number of nitrogens with zero attached hydrogens (tertiary/aromatic N) is 1. The second-order valence-corrected chi connectivity index (χ2v) is 3.69. The Labute approximate surface area is 86.3 Å². The smallest absolute Gasteiger partial charge is 0.0906 e. The fourth-order valence-electron chi connectivity index (χ4n) is 1.25. The van der Waals surface area contributed by atoms with Crippen LogP contribution in [0.4, 0.5) is 0 Å². The second kappa shape index (κ2) is 3.17. The molecule has 0 N–H and O–H groups in total. The van der Waals surface area contributed by atoms with Gasteiger partial charge in [0.05, 0.1) is 15.6 Å². The number of hydrogen-bond acceptors (Lipinski definition) is 1. The van der Waals surface area contributed by atoms with Gasteiger partial charge in [-0.15, -0.1) is 0 Å². The van der Waals surface area contributed by atoms with Gasteiger partial charge in [0.25, 0.3) is 0 Å².